The monoisotopic (exact) mass is 265 g/mol. The third kappa shape index (κ3) is 2.47. The number of halogens is 2. The number of benzene rings is 2. The third-order valence-electron chi connectivity index (χ3n) is 2.88. The molecule has 0 fully saturated rings. The van der Waals surface area contributed by atoms with Gasteiger partial charge in [-0.05, 0) is 36.2 Å². The Kier molecular flexibility index (Phi) is 3.43. The molecule has 0 aliphatic heterocycles. The van der Waals surface area contributed by atoms with E-state index in [0.29, 0.717) is 10.0 Å². The Morgan fingerprint density at radius 1 is 0.941 bits per heavy atom. The molecule has 1 unspecified atom stereocenters. The van der Waals surface area contributed by atoms with E-state index in [4.69, 9.17) is 28.9 Å². The van der Waals surface area contributed by atoms with E-state index in [9.17, 15) is 0 Å². The van der Waals surface area contributed by atoms with E-state index in [0.717, 1.165) is 11.1 Å². The molecule has 1 nitrogen and oxygen atoms in total. The Bertz CT molecular complexity index is 518. The van der Waals surface area contributed by atoms with Gasteiger partial charge in [-0.15, -0.1) is 0 Å². The van der Waals surface area contributed by atoms with Gasteiger partial charge in [0.1, 0.15) is 0 Å². The van der Waals surface area contributed by atoms with Crippen molar-refractivity contribution in [3.63, 3.8) is 0 Å². The van der Waals surface area contributed by atoms with Crippen molar-refractivity contribution in [1.29, 1.82) is 0 Å². The van der Waals surface area contributed by atoms with Gasteiger partial charge < -0.3 is 5.73 Å². The minimum absolute atomic E-state index is 0.622. The first kappa shape index (κ1) is 12.4. The lowest BCUT2D eigenvalue weighted by atomic mass is 9.86. The van der Waals surface area contributed by atoms with Crippen molar-refractivity contribution in [2.45, 2.75) is 12.5 Å². The summed E-state index contributed by atoms with van der Waals surface area (Å²) >= 11 is 12.1. The second-order valence-electron chi connectivity index (χ2n) is 4.19. The van der Waals surface area contributed by atoms with Crippen LogP contribution in [-0.4, -0.2) is 0 Å². The molecule has 2 rings (SSSR count). The lowest BCUT2D eigenvalue weighted by Crippen LogP contribution is -2.34. The minimum Gasteiger partial charge on any atom is -0.318 e. The molecule has 2 aromatic rings. The van der Waals surface area contributed by atoms with E-state index in [-0.39, 0.29) is 0 Å². The van der Waals surface area contributed by atoms with Crippen LogP contribution in [-0.2, 0) is 5.54 Å². The van der Waals surface area contributed by atoms with Crippen LogP contribution in [0.3, 0.4) is 0 Å². The molecule has 2 N–H and O–H groups in total. The molecule has 0 aromatic heterocycles. The molecule has 88 valence electrons. The largest absolute Gasteiger partial charge is 0.318 e. The van der Waals surface area contributed by atoms with E-state index in [1.807, 2.05) is 55.5 Å². The lowest BCUT2D eigenvalue weighted by molar-refractivity contribution is 0.603. The fourth-order valence-corrected chi connectivity index (χ4v) is 2.29. The molecule has 0 saturated carbocycles. The van der Waals surface area contributed by atoms with E-state index < -0.39 is 5.54 Å². The predicted octanol–water partition coefficient (Wildman–Crippen LogP) is 4.22. The zero-order valence-electron chi connectivity index (χ0n) is 9.45. The summed E-state index contributed by atoms with van der Waals surface area (Å²) in [6.07, 6.45) is 0. The van der Waals surface area contributed by atoms with Crippen LogP contribution in [0.25, 0.3) is 0 Å². The highest BCUT2D eigenvalue weighted by Crippen LogP contribution is 2.32. The maximum Gasteiger partial charge on any atom is 0.0651 e. The van der Waals surface area contributed by atoms with Crippen LogP contribution in [0.2, 0.25) is 10.0 Å². The van der Waals surface area contributed by atoms with Crippen LogP contribution >= 0.6 is 23.2 Å². The maximum atomic E-state index is 6.38. The molecule has 0 saturated heterocycles. The summed E-state index contributed by atoms with van der Waals surface area (Å²) in [4.78, 5) is 0. The molecule has 0 aliphatic rings. The SMILES string of the molecule is CC(N)(c1ccc(Cl)cc1)c1ccccc1Cl. The van der Waals surface area contributed by atoms with Gasteiger partial charge in [0.25, 0.3) is 0 Å². The first-order chi connectivity index (χ1) is 8.01. The normalized spacial score (nSPS) is 14.4. The zero-order valence-corrected chi connectivity index (χ0v) is 11.0. The predicted molar refractivity (Wildman–Crippen MR) is 73.5 cm³/mol. The molecule has 0 aliphatic carbocycles. The Balaban J connectivity index is 2.49. The zero-order chi connectivity index (χ0) is 12.5. The number of nitrogens with two attached hydrogens (primary N) is 1. The molecule has 3 heteroatoms. The summed E-state index contributed by atoms with van der Waals surface area (Å²) in [5, 5.41) is 1.37. The van der Waals surface area contributed by atoms with Crippen molar-refractivity contribution in [2.75, 3.05) is 0 Å². The molecule has 1 atom stereocenters. The van der Waals surface area contributed by atoms with Crippen LogP contribution in [0, 0.1) is 0 Å². The first-order valence-corrected chi connectivity index (χ1v) is 6.07. The Morgan fingerprint density at radius 3 is 2.12 bits per heavy atom. The van der Waals surface area contributed by atoms with E-state index in [1.54, 1.807) is 0 Å². The smallest absolute Gasteiger partial charge is 0.0651 e. The molecule has 0 radical (unpaired) electrons. The summed E-state index contributed by atoms with van der Waals surface area (Å²) in [5.74, 6) is 0. The molecular weight excluding hydrogens is 253 g/mol. The molecular formula is C14H13Cl2N. The van der Waals surface area contributed by atoms with Crippen molar-refractivity contribution in [1.82, 2.24) is 0 Å². The van der Waals surface area contributed by atoms with Gasteiger partial charge in [0.15, 0.2) is 0 Å². The van der Waals surface area contributed by atoms with Gasteiger partial charge in [-0.2, -0.15) is 0 Å². The van der Waals surface area contributed by atoms with Crippen molar-refractivity contribution < 1.29 is 0 Å². The van der Waals surface area contributed by atoms with Crippen molar-refractivity contribution >= 4 is 23.2 Å². The third-order valence-corrected chi connectivity index (χ3v) is 3.46. The van der Waals surface area contributed by atoms with Crippen LogP contribution < -0.4 is 5.73 Å². The number of rotatable bonds is 2. The van der Waals surface area contributed by atoms with Gasteiger partial charge in [0, 0.05) is 10.0 Å². The van der Waals surface area contributed by atoms with Gasteiger partial charge in [0.2, 0.25) is 0 Å². The summed E-state index contributed by atoms with van der Waals surface area (Å²) in [6, 6.07) is 15.1. The number of hydrogen-bond donors (Lipinski definition) is 1. The second-order valence-corrected chi connectivity index (χ2v) is 5.03. The molecule has 0 amide bonds. The van der Waals surface area contributed by atoms with Gasteiger partial charge in [-0.1, -0.05) is 53.5 Å². The van der Waals surface area contributed by atoms with Gasteiger partial charge in [0.05, 0.1) is 5.54 Å². The quantitative estimate of drug-likeness (QED) is 0.865. The fraction of sp³-hybridized carbons (Fsp3) is 0.143. The highest BCUT2D eigenvalue weighted by atomic mass is 35.5. The summed E-state index contributed by atoms with van der Waals surface area (Å²) < 4.78 is 0. The van der Waals surface area contributed by atoms with Crippen molar-refractivity contribution in [3.05, 3.63) is 69.7 Å². The molecule has 17 heavy (non-hydrogen) atoms. The Morgan fingerprint density at radius 2 is 1.53 bits per heavy atom. The van der Waals surface area contributed by atoms with Crippen molar-refractivity contribution in [3.8, 4) is 0 Å². The van der Waals surface area contributed by atoms with E-state index >= 15 is 0 Å². The highest BCUT2D eigenvalue weighted by molar-refractivity contribution is 6.31. The molecule has 2 aromatic carbocycles. The lowest BCUT2D eigenvalue weighted by Gasteiger charge is -2.27. The van der Waals surface area contributed by atoms with Crippen LogP contribution in [0.15, 0.2) is 48.5 Å². The van der Waals surface area contributed by atoms with Crippen LogP contribution in [0.1, 0.15) is 18.1 Å². The second kappa shape index (κ2) is 4.69. The van der Waals surface area contributed by atoms with E-state index in [2.05, 4.69) is 0 Å². The molecule has 0 bridgehead atoms. The minimum atomic E-state index is -0.622. The topological polar surface area (TPSA) is 26.0 Å². The average Bonchev–Trinajstić information content (AvgIpc) is 2.30. The van der Waals surface area contributed by atoms with Crippen LogP contribution in [0.4, 0.5) is 0 Å². The van der Waals surface area contributed by atoms with Crippen LogP contribution in [0.5, 0.6) is 0 Å². The number of hydrogen-bond acceptors (Lipinski definition) is 1. The average molecular weight is 266 g/mol. The standard InChI is InChI=1S/C14H13Cl2N/c1-14(17,10-6-8-11(15)9-7-10)12-4-2-3-5-13(12)16/h2-9H,17H2,1H3. The maximum absolute atomic E-state index is 6.38. The van der Waals surface area contributed by atoms with Gasteiger partial charge in [-0.25, -0.2) is 0 Å². The van der Waals surface area contributed by atoms with Crippen molar-refractivity contribution in [2.24, 2.45) is 5.73 Å². The molecule has 0 heterocycles. The fourth-order valence-electron chi connectivity index (χ4n) is 1.83. The molecule has 0 spiro atoms. The van der Waals surface area contributed by atoms with Gasteiger partial charge >= 0.3 is 0 Å². The summed E-state index contributed by atoms with van der Waals surface area (Å²) in [6.45, 7) is 1.94. The van der Waals surface area contributed by atoms with Gasteiger partial charge in [-0.3, -0.25) is 0 Å². The Hall–Kier alpha value is -1.02. The summed E-state index contributed by atoms with van der Waals surface area (Å²) in [7, 11) is 0. The highest BCUT2D eigenvalue weighted by Gasteiger charge is 2.25. The summed E-state index contributed by atoms with van der Waals surface area (Å²) in [5.41, 5.74) is 7.65. The van der Waals surface area contributed by atoms with E-state index in [1.165, 1.54) is 0 Å². The Labute approximate surface area is 111 Å². The first-order valence-electron chi connectivity index (χ1n) is 5.32.